The highest BCUT2D eigenvalue weighted by Crippen LogP contribution is 2.38. The average molecular weight is 340 g/mol. The lowest BCUT2D eigenvalue weighted by molar-refractivity contribution is -0.0527. The smallest absolute Gasteiger partial charge is 0.330 e. The highest BCUT2D eigenvalue weighted by atomic mass is 32.5. The lowest BCUT2D eigenvalue weighted by atomic mass is 10.1. The second-order valence-electron chi connectivity index (χ2n) is 4.35. The average Bonchev–Trinajstić information content (AvgIpc) is 2.64. The number of H-pyrrole nitrogens is 1. The van der Waals surface area contributed by atoms with Crippen LogP contribution in [-0.2, 0) is 21.1 Å². The van der Waals surface area contributed by atoms with E-state index in [-0.39, 0.29) is 0 Å². The Kier molecular flexibility index (Phi) is 4.76. The van der Waals surface area contributed by atoms with E-state index in [1.165, 1.54) is 0 Å². The Morgan fingerprint density at radius 3 is 2.62 bits per heavy atom. The Morgan fingerprint density at radius 2 is 2.05 bits per heavy atom. The molecule has 0 spiro atoms. The first kappa shape index (κ1) is 16.5. The maximum Gasteiger partial charge on any atom is 0.330 e. The third-order valence-corrected chi connectivity index (χ3v) is 3.67. The Morgan fingerprint density at radius 1 is 1.38 bits per heavy atom. The minimum absolute atomic E-state index is 0.475. The van der Waals surface area contributed by atoms with Gasteiger partial charge in [-0.3, -0.25) is 14.3 Å². The van der Waals surface area contributed by atoms with E-state index in [0.29, 0.717) is 0 Å². The minimum atomic E-state index is -3.93. The lowest BCUT2D eigenvalue weighted by Crippen LogP contribution is -2.37. The molecule has 4 unspecified atom stereocenters. The van der Waals surface area contributed by atoms with E-state index >= 15 is 0 Å². The third kappa shape index (κ3) is 3.84. The zero-order chi connectivity index (χ0) is 15.8. The zero-order valence-electron chi connectivity index (χ0n) is 10.4. The van der Waals surface area contributed by atoms with Crippen LogP contribution in [0.5, 0.6) is 0 Å². The number of aliphatic hydroxyl groups is 2. The first-order valence-corrected chi connectivity index (χ1v) is 8.35. The summed E-state index contributed by atoms with van der Waals surface area (Å²) in [6, 6.07) is 1.05. The van der Waals surface area contributed by atoms with Crippen molar-refractivity contribution < 1.29 is 29.3 Å². The molecule has 1 saturated heterocycles. The summed E-state index contributed by atoms with van der Waals surface area (Å²) < 4.78 is 10.7. The largest absolute Gasteiger partial charge is 0.387 e. The highest BCUT2D eigenvalue weighted by Gasteiger charge is 2.44. The van der Waals surface area contributed by atoms with Crippen LogP contribution in [-0.4, -0.2) is 54.5 Å². The SMILES string of the molecule is O=c1ccn(C2OC(COP(O)(O)=S)C(O)C2O)c(=O)[nH]1. The lowest BCUT2D eigenvalue weighted by Gasteiger charge is -2.17. The molecule has 0 bridgehead atoms. The van der Waals surface area contributed by atoms with Crippen LogP contribution in [0.1, 0.15) is 6.23 Å². The van der Waals surface area contributed by atoms with Crippen LogP contribution >= 0.6 is 6.72 Å². The molecule has 0 aromatic carbocycles. The summed E-state index contributed by atoms with van der Waals surface area (Å²) in [6.45, 7) is -4.40. The van der Waals surface area contributed by atoms with Gasteiger partial charge in [0.05, 0.1) is 6.61 Å². The van der Waals surface area contributed by atoms with E-state index in [1.54, 1.807) is 0 Å². The number of ether oxygens (including phenoxy) is 1. The molecule has 4 atom stereocenters. The number of hydrogen-bond acceptors (Lipinski definition) is 7. The monoisotopic (exact) mass is 340 g/mol. The van der Waals surface area contributed by atoms with Crippen molar-refractivity contribution in [2.75, 3.05) is 6.61 Å². The van der Waals surface area contributed by atoms with E-state index < -0.39 is 49.1 Å². The Bertz CT molecular complexity index is 668. The molecular formula is C9H13N2O8PS. The first-order chi connectivity index (χ1) is 9.69. The quantitative estimate of drug-likeness (QED) is 0.371. The van der Waals surface area contributed by atoms with Gasteiger partial charge in [-0.2, -0.15) is 0 Å². The summed E-state index contributed by atoms with van der Waals surface area (Å²) in [7, 11) is 0. The Balaban J connectivity index is 2.18. The van der Waals surface area contributed by atoms with Gasteiger partial charge in [0.25, 0.3) is 5.56 Å². The number of rotatable bonds is 4. The summed E-state index contributed by atoms with van der Waals surface area (Å²) in [5.74, 6) is 0. The van der Waals surface area contributed by atoms with E-state index in [1.807, 2.05) is 4.98 Å². The molecule has 0 amide bonds. The maximum absolute atomic E-state index is 11.6. The molecule has 0 aliphatic carbocycles. The molecular weight excluding hydrogens is 327 g/mol. The maximum atomic E-state index is 11.6. The van der Waals surface area contributed by atoms with Crippen molar-refractivity contribution in [2.45, 2.75) is 24.5 Å². The van der Waals surface area contributed by atoms with Crippen LogP contribution in [0.3, 0.4) is 0 Å². The zero-order valence-corrected chi connectivity index (χ0v) is 12.1. The standard InChI is InChI=1S/C9H13N2O8PS/c12-5-1-2-11(9(15)10-5)8-7(14)6(13)4(19-8)3-18-20(16,17)21/h1-2,4,6-8,13-14H,3H2,(H,10,12,15)(H2,16,17,21). The fourth-order valence-electron chi connectivity index (χ4n) is 1.89. The van der Waals surface area contributed by atoms with Gasteiger partial charge in [-0.05, 0) is 11.8 Å². The number of aromatic nitrogens is 2. The van der Waals surface area contributed by atoms with Crippen LogP contribution in [0, 0.1) is 0 Å². The number of aromatic amines is 1. The van der Waals surface area contributed by atoms with Gasteiger partial charge in [0.1, 0.15) is 18.3 Å². The van der Waals surface area contributed by atoms with Crippen LogP contribution in [0.25, 0.3) is 0 Å². The summed E-state index contributed by atoms with van der Waals surface area (Å²) in [5, 5.41) is 19.7. The summed E-state index contributed by atoms with van der Waals surface area (Å²) in [6.07, 6.45) is -4.18. The molecule has 1 aromatic rings. The van der Waals surface area contributed by atoms with Crippen molar-refractivity contribution in [2.24, 2.45) is 0 Å². The van der Waals surface area contributed by atoms with Crippen molar-refractivity contribution in [1.82, 2.24) is 9.55 Å². The number of nitrogens with one attached hydrogen (secondary N) is 1. The normalized spacial score (nSPS) is 29.7. The second kappa shape index (κ2) is 6.07. The van der Waals surface area contributed by atoms with Crippen molar-refractivity contribution >= 4 is 18.5 Å². The van der Waals surface area contributed by atoms with Gasteiger partial charge in [-0.25, -0.2) is 4.79 Å². The molecule has 0 radical (unpaired) electrons. The predicted molar refractivity (Wildman–Crippen MR) is 71.9 cm³/mol. The van der Waals surface area contributed by atoms with Crippen molar-refractivity contribution in [1.29, 1.82) is 0 Å². The van der Waals surface area contributed by atoms with Crippen molar-refractivity contribution in [3.8, 4) is 0 Å². The van der Waals surface area contributed by atoms with Crippen LogP contribution < -0.4 is 11.2 Å². The molecule has 0 saturated carbocycles. The van der Waals surface area contributed by atoms with E-state index in [2.05, 4.69) is 16.3 Å². The molecule has 12 heteroatoms. The Labute approximate surface area is 122 Å². The molecule has 2 rings (SSSR count). The van der Waals surface area contributed by atoms with Gasteiger partial charge in [0.15, 0.2) is 6.23 Å². The molecule has 5 N–H and O–H groups in total. The van der Waals surface area contributed by atoms with E-state index in [9.17, 15) is 19.8 Å². The van der Waals surface area contributed by atoms with Crippen molar-refractivity contribution in [3.63, 3.8) is 0 Å². The topological polar surface area (TPSA) is 154 Å². The van der Waals surface area contributed by atoms with Gasteiger partial charge < -0.3 is 29.3 Å². The first-order valence-electron chi connectivity index (χ1n) is 5.72. The van der Waals surface area contributed by atoms with Gasteiger partial charge in [-0.15, -0.1) is 0 Å². The van der Waals surface area contributed by atoms with Gasteiger partial charge >= 0.3 is 12.4 Å². The fraction of sp³-hybridized carbons (Fsp3) is 0.556. The molecule has 1 aromatic heterocycles. The highest BCUT2D eigenvalue weighted by molar-refractivity contribution is 8.06. The van der Waals surface area contributed by atoms with Crippen LogP contribution in [0.4, 0.5) is 0 Å². The predicted octanol–water partition coefficient (Wildman–Crippen LogP) is -2.62. The number of nitrogens with zero attached hydrogens (tertiary/aromatic N) is 1. The van der Waals surface area contributed by atoms with Crippen LogP contribution in [0.2, 0.25) is 0 Å². The van der Waals surface area contributed by atoms with E-state index in [0.717, 1.165) is 16.8 Å². The molecule has 2 heterocycles. The number of aliphatic hydroxyl groups excluding tert-OH is 2. The molecule has 1 aliphatic rings. The fourth-order valence-corrected chi connectivity index (χ4v) is 2.42. The number of hydrogen-bond donors (Lipinski definition) is 5. The molecule has 10 nitrogen and oxygen atoms in total. The van der Waals surface area contributed by atoms with Gasteiger partial charge in [0.2, 0.25) is 0 Å². The second-order valence-corrected chi connectivity index (χ2v) is 7.02. The Hall–Kier alpha value is -0.910. The van der Waals surface area contributed by atoms with Gasteiger partial charge in [-0.1, -0.05) is 0 Å². The van der Waals surface area contributed by atoms with E-state index in [4.69, 9.17) is 14.5 Å². The summed E-state index contributed by atoms with van der Waals surface area (Å²) in [5.41, 5.74) is -1.44. The summed E-state index contributed by atoms with van der Waals surface area (Å²) >= 11 is 4.25. The molecule has 1 fully saturated rings. The molecule has 118 valence electrons. The third-order valence-electron chi connectivity index (χ3n) is 2.87. The minimum Gasteiger partial charge on any atom is -0.387 e. The molecule has 21 heavy (non-hydrogen) atoms. The van der Waals surface area contributed by atoms with Crippen molar-refractivity contribution in [3.05, 3.63) is 33.1 Å². The van der Waals surface area contributed by atoms with Crippen LogP contribution in [0.15, 0.2) is 21.9 Å². The van der Waals surface area contributed by atoms with Gasteiger partial charge in [0, 0.05) is 12.3 Å². The molecule has 1 aliphatic heterocycles. The summed E-state index contributed by atoms with van der Waals surface area (Å²) in [4.78, 5) is 42.5.